The molecular weight excluding hydrogens is 412 g/mol. The van der Waals surface area contributed by atoms with Crippen LogP contribution in [0.2, 0.25) is 0 Å². The molecule has 1 saturated heterocycles. The Morgan fingerprint density at radius 3 is 2.46 bits per heavy atom. The number of benzene rings is 1. The second-order valence-corrected chi connectivity index (χ2v) is 9.98. The van der Waals surface area contributed by atoms with Crippen molar-refractivity contribution < 1.29 is 13.2 Å². The van der Waals surface area contributed by atoms with E-state index in [-0.39, 0.29) is 0 Å². The van der Waals surface area contributed by atoms with Gasteiger partial charge in [-0.05, 0) is 47.1 Å². The molecule has 0 aliphatic carbocycles. The van der Waals surface area contributed by atoms with E-state index in [4.69, 9.17) is 4.74 Å². The van der Waals surface area contributed by atoms with E-state index in [9.17, 15) is 8.42 Å². The number of hydrogen-bond donors (Lipinski definition) is 0. The predicted octanol–water partition coefficient (Wildman–Crippen LogP) is 3.42. The smallest absolute Gasteiger partial charge is 0.252 e. The molecule has 1 aromatic carbocycles. The molecule has 2 heterocycles. The van der Waals surface area contributed by atoms with Crippen LogP contribution in [-0.2, 0) is 10.0 Å². The fraction of sp³-hybridized carbons (Fsp3) is 0.375. The van der Waals surface area contributed by atoms with Crippen molar-refractivity contribution in [1.82, 2.24) is 4.31 Å². The van der Waals surface area contributed by atoms with Crippen LogP contribution >= 0.6 is 27.3 Å². The van der Waals surface area contributed by atoms with Crippen LogP contribution in [0.5, 0.6) is 5.75 Å². The Bertz CT molecular complexity index is 799. The summed E-state index contributed by atoms with van der Waals surface area (Å²) in [5, 5.41) is 0. The molecule has 1 aromatic heterocycles. The summed E-state index contributed by atoms with van der Waals surface area (Å²) in [6, 6.07) is 11.3. The van der Waals surface area contributed by atoms with E-state index in [1.54, 1.807) is 16.4 Å². The first-order chi connectivity index (χ1) is 11.5. The van der Waals surface area contributed by atoms with Crippen molar-refractivity contribution in [3.05, 3.63) is 40.2 Å². The number of sulfonamides is 1. The van der Waals surface area contributed by atoms with Gasteiger partial charge in [0.25, 0.3) is 10.0 Å². The van der Waals surface area contributed by atoms with E-state index < -0.39 is 10.0 Å². The van der Waals surface area contributed by atoms with Crippen molar-refractivity contribution in [3.63, 3.8) is 0 Å². The number of hydrogen-bond acceptors (Lipinski definition) is 5. The molecule has 0 radical (unpaired) electrons. The average Bonchev–Trinajstić information content (AvgIpc) is 3.03. The lowest BCUT2D eigenvalue weighted by Crippen LogP contribution is -2.48. The third-order valence-electron chi connectivity index (χ3n) is 3.89. The summed E-state index contributed by atoms with van der Waals surface area (Å²) in [6.07, 6.45) is 0. The molecule has 0 spiro atoms. The molecule has 8 heteroatoms. The van der Waals surface area contributed by atoms with Crippen LogP contribution in [-0.4, -0.2) is 45.5 Å². The van der Waals surface area contributed by atoms with Gasteiger partial charge in [-0.25, -0.2) is 8.42 Å². The van der Waals surface area contributed by atoms with Crippen molar-refractivity contribution in [1.29, 1.82) is 0 Å². The number of piperazine rings is 1. The highest BCUT2D eigenvalue weighted by atomic mass is 79.9. The van der Waals surface area contributed by atoms with Crippen LogP contribution in [0, 0.1) is 0 Å². The lowest BCUT2D eigenvalue weighted by atomic mass is 10.2. The molecule has 1 aliphatic rings. The first-order valence-corrected chi connectivity index (χ1v) is 10.8. The Balaban J connectivity index is 1.72. The van der Waals surface area contributed by atoms with Crippen LogP contribution in [0.4, 0.5) is 5.69 Å². The van der Waals surface area contributed by atoms with Gasteiger partial charge < -0.3 is 9.64 Å². The minimum absolute atomic E-state index is 0.387. The largest absolute Gasteiger partial charge is 0.492 e. The van der Waals surface area contributed by atoms with Gasteiger partial charge in [-0.1, -0.05) is 12.1 Å². The van der Waals surface area contributed by atoms with Gasteiger partial charge in [0.15, 0.2) is 0 Å². The maximum Gasteiger partial charge on any atom is 0.252 e. The zero-order valence-electron chi connectivity index (χ0n) is 13.3. The molecule has 5 nitrogen and oxygen atoms in total. The fourth-order valence-corrected chi connectivity index (χ4v) is 6.32. The Hall–Kier alpha value is -1.09. The van der Waals surface area contributed by atoms with Crippen LogP contribution in [0.1, 0.15) is 6.92 Å². The van der Waals surface area contributed by atoms with Gasteiger partial charge in [-0.3, -0.25) is 0 Å². The molecule has 3 rings (SSSR count). The number of nitrogens with zero attached hydrogens (tertiary/aromatic N) is 2. The summed E-state index contributed by atoms with van der Waals surface area (Å²) < 4.78 is 33.8. The highest BCUT2D eigenvalue weighted by molar-refractivity contribution is 9.11. The SMILES string of the molecule is CCOc1ccccc1N1CCN(S(=O)(=O)c2ccc(Br)s2)CC1. The van der Waals surface area contributed by atoms with E-state index >= 15 is 0 Å². The maximum atomic E-state index is 12.7. The molecule has 24 heavy (non-hydrogen) atoms. The van der Waals surface area contributed by atoms with Gasteiger partial charge in [-0.15, -0.1) is 11.3 Å². The van der Waals surface area contributed by atoms with E-state index in [1.165, 1.54) is 11.3 Å². The van der Waals surface area contributed by atoms with Crippen LogP contribution in [0.3, 0.4) is 0 Å². The van der Waals surface area contributed by atoms with E-state index in [0.29, 0.717) is 37.0 Å². The third kappa shape index (κ3) is 3.61. The minimum Gasteiger partial charge on any atom is -0.492 e. The van der Waals surface area contributed by atoms with E-state index in [2.05, 4.69) is 20.8 Å². The van der Waals surface area contributed by atoms with Crippen molar-refractivity contribution >= 4 is 43.0 Å². The second kappa shape index (κ2) is 7.43. The van der Waals surface area contributed by atoms with Crippen molar-refractivity contribution in [2.24, 2.45) is 0 Å². The quantitative estimate of drug-likeness (QED) is 0.728. The van der Waals surface area contributed by atoms with Crippen molar-refractivity contribution in [3.8, 4) is 5.75 Å². The second-order valence-electron chi connectivity index (χ2n) is 5.35. The molecule has 1 aliphatic heterocycles. The zero-order valence-corrected chi connectivity index (χ0v) is 16.5. The first-order valence-electron chi connectivity index (χ1n) is 7.74. The highest BCUT2D eigenvalue weighted by Crippen LogP contribution is 2.31. The number of rotatable bonds is 5. The van der Waals surface area contributed by atoms with Crippen LogP contribution < -0.4 is 9.64 Å². The Labute approximate surface area is 155 Å². The summed E-state index contributed by atoms with van der Waals surface area (Å²) in [5.74, 6) is 0.846. The number of thiophene rings is 1. The summed E-state index contributed by atoms with van der Waals surface area (Å²) >= 11 is 4.57. The third-order valence-corrected chi connectivity index (χ3v) is 7.88. The van der Waals surface area contributed by atoms with Gasteiger partial charge >= 0.3 is 0 Å². The monoisotopic (exact) mass is 430 g/mol. The summed E-state index contributed by atoms with van der Waals surface area (Å²) in [4.78, 5) is 2.18. The topological polar surface area (TPSA) is 49.9 Å². The molecule has 0 saturated carbocycles. The number of halogens is 1. The Morgan fingerprint density at radius 1 is 1.12 bits per heavy atom. The zero-order chi connectivity index (χ0) is 17.2. The lowest BCUT2D eigenvalue weighted by molar-refractivity contribution is 0.337. The van der Waals surface area contributed by atoms with Crippen molar-refractivity contribution in [2.45, 2.75) is 11.1 Å². The van der Waals surface area contributed by atoms with Gasteiger partial charge in [0, 0.05) is 26.2 Å². The molecular formula is C16H19BrN2O3S2. The predicted molar refractivity (Wildman–Crippen MR) is 101 cm³/mol. The Kier molecular flexibility index (Phi) is 5.49. The summed E-state index contributed by atoms with van der Waals surface area (Å²) in [5.41, 5.74) is 1.02. The normalized spacial score (nSPS) is 16.3. The standard InChI is InChI=1S/C16H19BrN2O3S2/c1-2-22-14-6-4-3-5-13(14)18-9-11-19(12-10-18)24(20,21)16-8-7-15(17)23-16/h3-8H,2,9-12H2,1H3. The van der Waals surface area contributed by atoms with Gasteiger partial charge in [0.2, 0.25) is 0 Å². The number of ether oxygens (including phenoxy) is 1. The molecule has 1 fully saturated rings. The molecule has 130 valence electrons. The molecule has 0 amide bonds. The van der Waals surface area contributed by atoms with Crippen LogP contribution in [0.15, 0.2) is 44.4 Å². The maximum absolute atomic E-state index is 12.7. The molecule has 2 aromatic rings. The van der Waals surface area contributed by atoms with Gasteiger partial charge in [-0.2, -0.15) is 4.31 Å². The lowest BCUT2D eigenvalue weighted by Gasteiger charge is -2.35. The van der Waals surface area contributed by atoms with Gasteiger partial charge in [0.05, 0.1) is 16.1 Å². The van der Waals surface area contributed by atoms with Crippen molar-refractivity contribution in [2.75, 3.05) is 37.7 Å². The summed E-state index contributed by atoms with van der Waals surface area (Å²) in [7, 11) is -3.40. The molecule has 0 bridgehead atoms. The molecule has 0 atom stereocenters. The highest BCUT2D eigenvalue weighted by Gasteiger charge is 2.30. The molecule has 0 unspecified atom stereocenters. The minimum atomic E-state index is -3.40. The van der Waals surface area contributed by atoms with E-state index in [0.717, 1.165) is 15.2 Å². The van der Waals surface area contributed by atoms with E-state index in [1.807, 2.05) is 31.2 Å². The first kappa shape index (κ1) is 17.7. The number of anilines is 1. The number of para-hydroxylation sites is 2. The Morgan fingerprint density at radius 2 is 1.83 bits per heavy atom. The van der Waals surface area contributed by atoms with Gasteiger partial charge in [0.1, 0.15) is 9.96 Å². The fourth-order valence-electron chi connectivity index (χ4n) is 2.73. The molecule has 0 N–H and O–H groups in total. The summed E-state index contributed by atoms with van der Waals surface area (Å²) in [6.45, 7) is 4.81. The average molecular weight is 431 g/mol. The van der Waals surface area contributed by atoms with Crippen LogP contribution in [0.25, 0.3) is 0 Å².